The summed E-state index contributed by atoms with van der Waals surface area (Å²) in [5.41, 5.74) is 0.215. The number of ketones is 1. The number of carbonyl (C=O) groups is 2. The summed E-state index contributed by atoms with van der Waals surface area (Å²) in [5, 5.41) is 41.3. The molecule has 0 spiro atoms. The number of hydrogen-bond acceptors (Lipinski definition) is 6. The second-order valence-electron chi connectivity index (χ2n) is 8.64. The number of halogens is 1. The van der Waals surface area contributed by atoms with Crippen LogP contribution in [0.25, 0.3) is 0 Å². The average Bonchev–Trinajstić information content (AvgIpc) is 2.71. The number of allylic oxidation sites excluding steroid dienone is 1. The Kier molecular flexibility index (Phi) is 7.72. The number of benzene rings is 1. The highest BCUT2D eigenvalue weighted by Gasteiger charge is 2.44. The van der Waals surface area contributed by atoms with E-state index in [1.165, 1.54) is 13.0 Å². The van der Waals surface area contributed by atoms with Gasteiger partial charge in [0, 0.05) is 17.9 Å². The average molecular weight is 439 g/mol. The van der Waals surface area contributed by atoms with Crippen LogP contribution in [0, 0.1) is 24.2 Å². The first-order valence-electron chi connectivity index (χ1n) is 10.2. The van der Waals surface area contributed by atoms with E-state index in [1.54, 1.807) is 0 Å². The Hall–Kier alpha value is -1.89. The van der Waals surface area contributed by atoms with E-state index in [1.807, 2.05) is 13.8 Å². The van der Waals surface area contributed by atoms with Crippen LogP contribution in [0.1, 0.15) is 61.5 Å². The lowest BCUT2D eigenvalue weighted by atomic mass is 9.59. The van der Waals surface area contributed by atoms with Crippen molar-refractivity contribution in [2.24, 2.45) is 17.3 Å². The first kappa shape index (κ1) is 24.4. The van der Waals surface area contributed by atoms with Gasteiger partial charge in [-0.15, -0.1) is 0 Å². The molecule has 4 N–H and O–H groups in total. The summed E-state index contributed by atoms with van der Waals surface area (Å²) in [6.07, 6.45) is 2.57. The summed E-state index contributed by atoms with van der Waals surface area (Å²) in [7, 11) is 0. The van der Waals surface area contributed by atoms with Crippen LogP contribution in [-0.4, -0.2) is 45.2 Å². The van der Waals surface area contributed by atoms with Crippen LogP contribution in [0.5, 0.6) is 11.5 Å². The molecule has 166 valence electrons. The summed E-state index contributed by atoms with van der Waals surface area (Å²) in [4.78, 5) is 23.5. The van der Waals surface area contributed by atoms with Crippen LogP contribution in [0.2, 0.25) is 5.02 Å². The van der Waals surface area contributed by atoms with Gasteiger partial charge >= 0.3 is 0 Å². The van der Waals surface area contributed by atoms with E-state index in [-0.39, 0.29) is 57.3 Å². The lowest BCUT2D eigenvalue weighted by molar-refractivity contribution is -0.133. The number of Topliss-reactive ketones (excluding diaryl/α,β-unsaturated/α-hetero) is 1. The maximum atomic E-state index is 12.2. The van der Waals surface area contributed by atoms with E-state index in [0.29, 0.717) is 24.7 Å². The standard InChI is InChI=1S/C23H31ClO6/c1-12-5-8-18(27)14(3)23(12,4)9-19(28)15(10-25)6-7-16-21(29)17(11-26)13(2)20(24)22(16)30/h6,11-12,14,19,25,28-30H,5,7-10H2,1-4H3. The molecule has 6 nitrogen and oxygen atoms in total. The van der Waals surface area contributed by atoms with Gasteiger partial charge in [-0.05, 0) is 48.7 Å². The summed E-state index contributed by atoms with van der Waals surface area (Å²) < 4.78 is 0. The quantitative estimate of drug-likeness (QED) is 0.381. The van der Waals surface area contributed by atoms with Gasteiger partial charge in [0.1, 0.15) is 17.3 Å². The Balaban J connectivity index is 2.31. The fourth-order valence-electron chi connectivity index (χ4n) is 4.38. The van der Waals surface area contributed by atoms with Crippen molar-refractivity contribution in [3.05, 3.63) is 33.4 Å². The first-order chi connectivity index (χ1) is 14.0. The van der Waals surface area contributed by atoms with Gasteiger partial charge in [-0.25, -0.2) is 0 Å². The third kappa shape index (κ3) is 4.41. The zero-order chi connectivity index (χ0) is 22.8. The minimum absolute atomic E-state index is 0.0109. The molecule has 1 saturated carbocycles. The van der Waals surface area contributed by atoms with E-state index < -0.39 is 18.1 Å². The number of aliphatic hydroxyl groups excluding tert-OH is 2. The number of phenolic OH excluding ortho intramolecular Hbond substituents is 2. The molecule has 30 heavy (non-hydrogen) atoms. The van der Waals surface area contributed by atoms with Gasteiger partial charge in [-0.2, -0.15) is 0 Å². The van der Waals surface area contributed by atoms with E-state index in [2.05, 4.69) is 6.92 Å². The van der Waals surface area contributed by atoms with Crippen LogP contribution in [0.15, 0.2) is 11.6 Å². The summed E-state index contributed by atoms with van der Waals surface area (Å²) in [5.74, 6) is -0.497. The normalized spacial score (nSPS) is 26.0. The number of aliphatic hydroxyl groups is 2. The van der Waals surface area contributed by atoms with Crippen molar-refractivity contribution in [2.75, 3.05) is 6.61 Å². The molecule has 0 aromatic heterocycles. The monoisotopic (exact) mass is 438 g/mol. The second kappa shape index (κ2) is 9.50. The van der Waals surface area contributed by atoms with Gasteiger partial charge in [0.15, 0.2) is 6.29 Å². The highest BCUT2D eigenvalue weighted by molar-refractivity contribution is 6.33. The number of aromatic hydroxyl groups is 2. The first-order valence-corrected chi connectivity index (χ1v) is 10.6. The molecule has 0 aliphatic heterocycles. The minimum Gasteiger partial charge on any atom is -0.507 e. The van der Waals surface area contributed by atoms with Crippen LogP contribution < -0.4 is 0 Å². The maximum absolute atomic E-state index is 12.2. The SMILES string of the molecule is Cc1c(Cl)c(O)c(CC=C(CO)C(O)CC2(C)C(C)CCC(=O)C2C)c(O)c1C=O. The molecule has 1 aliphatic rings. The fourth-order valence-corrected chi connectivity index (χ4v) is 4.60. The number of carbonyl (C=O) groups excluding carboxylic acids is 2. The minimum atomic E-state index is -0.994. The smallest absolute Gasteiger partial charge is 0.154 e. The number of rotatable bonds is 7. The molecule has 1 aliphatic carbocycles. The predicted octanol–water partition coefficient (Wildman–Crippen LogP) is 3.73. The van der Waals surface area contributed by atoms with Gasteiger partial charge in [-0.1, -0.05) is 38.4 Å². The van der Waals surface area contributed by atoms with Crippen LogP contribution in [0.3, 0.4) is 0 Å². The van der Waals surface area contributed by atoms with Gasteiger partial charge < -0.3 is 20.4 Å². The molecular weight excluding hydrogens is 408 g/mol. The Morgan fingerprint density at radius 3 is 2.50 bits per heavy atom. The van der Waals surface area contributed by atoms with E-state index in [9.17, 15) is 30.0 Å². The highest BCUT2D eigenvalue weighted by Crippen LogP contribution is 2.47. The molecule has 4 atom stereocenters. The van der Waals surface area contributed by atoms with Crippen molar-refractivity contribution in [3.63, 3.8) is 0 Å². The Bertz CT molecular complexity index is 862. The second-order valence-corrected chi connectivity index (χ2v) is 9.02. The Morgan fingerprint density at radius 2 is 1.93 bits per heavy atom. The highest BCUT2D eigenvalue weighted by atomic mass is 35.5. The molecule has 0 saturated heterocycles. The van der Waals surface area contributed by atoms with E-state index in [0.717, 1.165) is 6.42 Å². The molecular formula is C23H31ClO6. The van der Waals surface area contributed by atoms with Gasteiger partial charge in [0.2, 0.25) is 0 Å². The Morgan fingerprint density at radius 1 is 1.30 bits per heavy atom. The molecule has 2 rings (SSSR count). The number of phenols is 2. The van der Waals surface area contributed by atoms with E-state index in [4.69, 9.17) is 11.6 Å². The van der Waals surface area contributed by atoms with Crippen molar-refractivity contribution in [2.45, 2.75) is 59.5 Å². The molecule has 4 unspecified atom stereocenters. The lowest BCUT2D eigenvalue weighted by Gasteiger charge is -2.45. The van der Waals surface area contributed by atoms with Gasteiger partial charge in [0.05, 0.1) is 23.3 Å². The zero-order valence-corrected chi connectivity index (χ0v) is 18.7. The van der Waals surface area contributed by atoms with Crippen molar-refractivity contribution in [1.82, 2.24) is 0 Å². The molecule has 0 amide bonds. The van der Waals surface area contributed by atoms with Crippen molar-refractivity contribution >= 4 is 23.7 Å². The summed E-state index contributed by atoms with van der Waals surface area (Å²) in [6, 6.07) is 0. The predicted molar refractivity (Wildman–Crippen MR) is 115 cm³/mol. The molecule has 0 heterocycles. The molecule has 7 heteroatoms. The lowest BCUT2D eigenvalue weighted by Crippen LogP contribution is -2.44. The Labute approximate surface area is 182 Å². The summed E-state index contributed by atoms with van der Waals surface area (Å²) >= 11 is 6.07. The number of aldehydes is 1. The van der Waals surface area contributed by atoms with Gasteiger partial charge in [0.25, 0.3) is 0 Å². The van der Waals surface area contributed by atoms with Crippen molar-refractivity contribution < 1.29 is 30.0 Å². The van der Waals surface area contributed by atoms with E-state index >= 15 is 0 Å². The third-order valence-corrected chi connectivity index (χ3v) is 7.58. The van der Waals surface area contributed by atoms with Gasteiger partial charge in [-0.3, -0.25) is 9.59 Å². The molecule has 1 fully saturated rings. The molecule has 1 aromatic carbocycles. The van der Waals surface area contributed by atoms with Crippen LogP contribution in [-0.2, 0) is 11.2 Å². The molecule has 0 bridgehead atoms. The van der Waals surface area contributed by atoms with Crippen LogP contribution >= 0.6 is 11.6 Å². The molecule has 0 radical (unpaired) electrons. The topological polar surface area (TPSA) is 115 Å². The zero-order valence-electron chi connectivity index (χ0n) is 17.9. The third-order valence-electron chi connectivity index (χ3n) is 7.12. The summed E-state index contributed by atoms with van der Waals surface area (Å²) in [6.45, 7) is 7.05. The number of hydrogen-bond donors (Lipinski definition) is 4. The van der Waals surface area contributed by atoms with Crippen LogP contribution in [0.4, 0.5) is 0 Å². The fraction of sp³-hybridized carbons (Fsp3) is 0.565. The maximum Gasteiger partial charge on any atom is 0.154 e. The largest absolute Gasteiger partial charge is 0.507 e. The molecule has 1 aromatic rings. The van der Waals surface area contributed by atoms with Crippen molar-refractivity contribution in [3.8, 4) is 11.5 Å². The van der Waals surface area contributed by atoms with Crippen molar-refractivity contribution in [1.29, 1.82) is 0 Å².